The second-order valence-electron chi connectivity index (χ2n) is 3.04. The molecule has 0 unspecified atom stereocenters. The van der Waals surface area contributed by atoms with Gasteiger partial charge in [0, 0.05) is 18.1 Å². The van der Waals surface area contributed by atoms with Gasteiger partial charge in [-0.05, 0) is 18.2 Å². The number of thiazole rings is 1. The molecule has 2 nitrogen and oxygen atoms in total. The summed E-state index contributed by atoms with van der Waals surface area (Å²) in [4.78, 5) is 4.23. The van der Waals surface area contributed by atoms with Crippen LogP contribution in [0.15, 0.2) is 35.9 Å². The first-order chi connectivity index (χ1) is 7.40. The van der Waals surface area contributed by atoms with Crippen molar-refractivity contribution in [3.8, 4) is 0 Å². The number of fused-ring (bicyclic) bond motifs is 1. The fourth-order valence-corrected chi connectivity index (χ4v) is 2.13. The van der Waals surface area contributed by atoms with Crippen LogP contribution in [0.4, 0.5) is 5.69 Å². The lowest BCUT2D eigenvalue weighted by Gasteiger charge is -2.02. The number of hydrogen-bond acceptors (Lipinski definition) is 3. The summed E-state index contributed by atoms with van der Waals surface area (Å²) in [5.41, 5.74) is 4.04. The number of allylic oxidation sites excluding steroid dienone is 1. The smallest absolute Gasteiger partial charge is 0.0813 e. The minimum Gasteiger partial charge on any atom is -0.382 e. The molecule has 1 N–H and O–H groups in total. The molecule has 0 spiro atoms. The number of hydrogen-bond donors (Lipinski definition) is 1. The van der Waals surface area contributed by atoms with Crippen LogP contribution in [-0.2, 0) is 0 Å². The average Bonchev–Trinajstić information content (AvgIpc) is 2.71. The van der Waals surface area contributed by atoms with E-state index < -0.39 is 0 Å². The Hall–Kier alpha value is -1.06. The van der Waals surface area contributed by atoms with E-state index in [1.54, 1.807) is 11.3 Å². The average molecular weight is 239 g/mol. The van der Waals surface area contributed by atoms with Gasteiger partial charge in [0.15, 0.2) is 0 Å². The molecule has 0 fully saturated rings. The van der Waals surface area contributed by atoms with Crippen LogP contribution in [0.2, 0.25) is 0 Å². The normalized spacial score (nSPS) is 11.3. The summed E-state index contributed by atoms with van der Waals surface area (Å²) < 4.78 is 1.21. The fourth-order valence-electron chi connectivity index (χ4n) is 1.29. The van der Waals surface area contributed by atoms with Crippen molar-refractivity contribution >= 4 is 38.8 Å². The minimum atomic E-state index is 0.565. The Labute approximate surface area is 97.6 Å². The molecule has 0 aliphatic rings. The predicted molar refractivity (Wildman–Crippen MR) is 68.0 cm³/mol. The lowest BCUT2D eigenvalue weighted by atomic mass is 10.3. The van der Waals surface area contributed by atoms with Gasteiger partial charge in [-0.2, -0.15) is 0 Å². The Balaban J connectivity index is 2.04. The van der Waals surface area contributed by atoms with Crippen LogP contribution in [0.1, 0.15) is 0 Å². The molecular weight excluding hydrogens is 228 g/mol. The zero-order valence-corrected chi connectivity index (χ0v) is 9.68. The van der Waals surface area contributed by atoms with Gasteiger partial charge in [0.2, 0.25) is 0 Å². The maximum Gasteiger partial charge on any atom is 0.0813 e. The zero-order valence-electron chi connectivity index (χ0n) is 8.11. The fraction of sp³-hybridized carbons (Fsp3) is 0.182. The van der Waals surface area contributed by atoms with E-state index in [0.717, 1.165) is 17.7 Å². The van der Waals surface area contributed by atoms with E-state index in [1.807, 2.05) is 29.8 Å². The molecule has 1 aromatic heterocycles. The summed E-state index contributed by atoms with van der Waals surface area (Å²) in [5.74, 6) is 0.565. The third kappa shape index (κ3) is 2.70. The number of benzene rings is 1. The molecular formula is C11H11ClN2S. The molecule has 78 valence electrons. The van der Waals surface area contributed by atoms with Crippen molar-refractivity contribution in [3.63, 3.8) is 0 Å². The number of rotatable bonds is 4. The maximum atomic E-state index is 5.53. The minimum absolute atomic E-state index is 0.565. The second kappa shape index (κ2) is 5.14. The van der Waals surface area contributed by atoms with Crippen molar-refractivity contribution in [1.29, 1.82) is 0 Å². The number of aromatic nitrogens is 1. The first-order valence-electron chi connectivity index (χ1n) is 4.68. The summed E-state index contributed by atoms with van der Waals surface area (Å²) in [6.45, 7) is 0.803. The highest BCUT2D eigenvalue weighted by Crippen LogP contribution is 2.21. The molecule has 0 amide bonds. The third-order valence-corrected chi connectivity index (χ3v) is 2.98. The van der Waals surface area contributed by atoms with Crippen molar-refractivity contribution in [2.75, 3.05) is 17.7 Å². The summed E-state index contributed by atoms with van der Waals surface area (Å²) in [6.07, 6.45) is 3.95. The lowest BCUT2D eigenvalue weighted by Crippen LogP contribution is -1.97. The van der Waals surface area contributed by atoms with Crippen LogP contribution in [0.3, 0.4) is 0 Å². The van der Waals surface area contributed by atoms with Gasteiger partial charge in [0.05, 0.1) is 15.7 Å². The van der Waals surface area contributed by atoms with Crippen molar-refractivity contribution in [3.05, 3.63) is 35.9 Å². The topological polar surface area (TPSA) is 24.9 Å². The highest BCUT2D eigenvalue weighted by molar-refractivity contribution is 7.16. The summed E-state index contributed by atoms with van der Waals surface area (Å²) >= 11 is 7.18. The van der Waals surface area contributed by atoms with Crippen molar-refractivity contribution in [1.82, 2.24) is 4.98 Å². The predicted octanol–water partition coefficient (Wildman–Crippen LogP) is 3.50. The Morgan fingerprint density at radius 2 is 2.33 bits per heavy atom. The quantitative estimate of drug-likeness (QED) is 0.652. The van der Waals surface area contributed by atoms with Crippen LogP contribution in [0, 0.1) is 0 Å². The van der Waals surface area contributed by atoms with E-state index in [0.29, 0.717) is 5.88 Å². The van der Waals surface area contributed by atoms with E-state index in [-0.39, 0.29) is 0 Å². The molecule has 0 aliphatic heterocycles. The van der Waals surface area contributed by atoms with E-state index in [2.05, 4.69) is 16.4 Å². The number of alkyl halides is 1. The Kier molecular flexibility index (Phi) is 3.59. The molecule has 2 aromatic rings. The molecule has 0 saturated heterocycles. The molecule has 0 atom stereocenters. The zero-order chi connectivity index (χ0) is 10.5. The van der Waals surface area contributed by atoms with E-state index in [9.17, 15) is 0 Å². The highest BCUT2D eigenvalue weighted by atomic mass is 35.5. The SMILES string of the molecule is ClC/C=C/CNc1ccc2ncsc2c1. The van der Waals surface area contributed by atoms with E-state index in [4.69, 9.17) is 11.6 Å². The summed E-state index contributed by atoms with van der Waals surface area (Å²) in [6, 6.07) is 6.18. The lowest BCUT2D eigenvalue weighted by molar-refractivity contribution is 1.33. The number of nitrogens with zero attached hydrogens (tertiary/aromatic N) is 1. The molecule has 1 heterocycles. The van der Waals surface area contributed by atoms with Gasteiger partial charge >= 0.3 is 0 Å². The molecule has 1 aromatic carbocycles. The monoisotopic (exact) mass is 238 g/mol. The van der Waals surface area contributed by atoms with Gasteiger partial charge in [0.25, 0.3) is 0 Å². The van der Waals surface area contributed by atoms with Crippen LogP contribution in [0.5, 0.6) is 0 Å². The van der Waals surface area contributed by atoms with Gasteiger partial charge in [-0.3, -0.25) is 0 Å². The third-order valence-electron chi connectivity index (χ3n) is 2.01. The van der Waals surface area contributed by atoms with Gasteiger partial charge < -0.3 is 5.32 Å². The number of anilines is 1. The standard InChI is InChI=1S/C11H11ClN2S/c12-5-1-2-6-13-9-3-4-10-11(7-9)15-8-14-10/h1-4,7-8,13H,5-6H2/b2-1+. The van der Waals surface area contributed by atoms with Crippen molar-refractivity contribution in [2.24, 2.45) is 0 Å². The van der Waals surface area contributed by atoms with E-state index >= 15 is 0 Å². The first-order valence-corrected chi connectivity index (χ1v) is 6.09. The first kappa shape index (κ1) is 10.5. The van der Waals surface area contributed by atoms with Crippen LogP contribution in [-0.4, -0.2) is 17.4 Å². The molecule has 15 heavy (non-hydrogen) atoms. The van der Waals surface area contributed by atoms with E-state index in [1.165, 1.54) is 4.70 Å². The molecule has 0 saturated carbocycles. The molecule has 2 rings (SSSR count). The molecule has 4 heteroatoms. The summed E-state index contributed by atoms with van der Waals surface area (Å²) in [5, 5.41) is 3.29. The second-order valence-corrected chi connectivity index (χ2v) is 4.24. The number of halogens is 1. The van der Waals surface area contributed by atoms with Crippen molar-refractivity contribution in [2.45, 2.75) is 0 Å². The van der Waals surface area contributed by atoms with Gasteiger partial charge in [0.1, 0.15) is 0 Å². The molecule has 0 aliphatic carbocycles. The Bertz CT molecular complexity index is 464. The van der Waals surface area contributed by atoms with Crippen LogP contribution in [0.25, 0.3) is 10.2 Å². The van der Waals surface area contributed by atoms with Crippen LogP contribution < -0.4 is 5.32 Å². The highest BCUT2D eigenvalue weighted by Gasteiger charge is 1.96. The van der Waals surface area contributed by atoms with Gasteiger partial charge in [-0.15, -0.1) is 22.9 Å². The molecule has 0 radical (unpaired) electrons. The largest absolute Gasteiger partial charge is 0.382 e. The Morgan fingerprint density at radius 3 is 3.20 bits per heavy atom. The number of nitrogens with one attached hydrogen (secondary N) is 1. The Morgan fingerprint density at radius 1 is 1.40 bits per heavy atom. The summed E-state index contributed by atoms with van der Waals surface area (Å²) in [7, 11) is 0. The van der Waals surface area contributed by atoms with Gasteiger partial charge in [-0.1, -0.05) is 12.2 Å². The van der Waals surface area contributed by atoms with Crippen LogP contribution >= 0.6 is 22.9 Å². The maximum absolute atomic E-state index is 5.53. The van der Waals surface area contributed by atoms with Gasteiger partial charge in [-0.25, -0.2) is 4.98 Å². The molecule has 0 bridgehead atoms. The van der Waals surface area contributed by atoms with Crippen molar-refractivity contribution < 1.29 is 0 Å².